The number of pyridine rings is 1. The van der Waals surface area contributed by atoms with E-state index < -0.39 is 0 Å². The molecule has 0 saturated carbocycles. The van der Waals surface area contributed by atoms with Crippen molar-refractivity contribution >= 4 is 35.1 Å². The fourth-order valence-corrected chi connectivity index (χ4v) is 3.00. The molecule has 1 amide bonds. The average Bonchev–Trinajstić information content (AvgIpc) is 3.16. The summed E-state index contributed by atoms with van der Waals surface area (Å²) in [6, 6.07) is 7.40. The van der Waals surface area contributed by atoms with Crippen LogP contribution in [-0.4, -0.2) is 19.0 Å². The van der Waals surface area contributed by atoms with Gasteiger partial charge in [0.25, 0.3) is 6.47 Å². The Hall–Kier alpha value is -3.61. The summed E-state index contributed by atoms with van der Waals surface area (Å²) >= 11 is 0. The number of fused-ring (bicyclic) bond motifs is 1. The van der Waals surface area contributed by atoms with Crippen molar-refractivity contribution in [2.75, 3.05) is 11.9 Å². The van der Waals surface area contributed by atoms with Gasteiger partial charge in [-0.2, -0.15) is 0 Å². The van der Waals surface area contributed by atoms with Gasteiger partial charge < -0.3 is 19.2 Å². The highest BCUT2D eigenvalue weighted by Gasteiger charge is 2.18. The molecule has 29 heavy (non-hydrogen) atoms. The molecular weight excluding hydrogens is 372 g/mol. The summed E-state index contributed by atoms with van der Waals surface area (Å²) in [7, 11) is 0. The van der Waals surface area contributed by atoms with Crippen LogP contribution in [0, 0.1) is 0 Å². The van der Waals surface area contributed by atoms with Crippen molar-refractivity contribution in [1.29, 1.82) is 0 Å². The van der Waals surface area contributed by atoms with Gasteiger partial charge in [-0.15, -0.1) is 0 Å². The normalized spacial score (nSPS) is 11.0. The third kappa shape index (κ3) is 5.01. The summed E-state index contributed by atoms with van der Waals surface area (Å²) in [5.41, 5.74) is 2.04. The lowest BCUT2D eigenvalue weighted by Gasteiger charge is -2.12. The van der Waals surface area contributed by atoms with Crippen molar-refractivity contribution in [1.82, 2.24) is 0 Å². The van der Waals surface area contributed by atoms with Gasteiger partial charge in [-0.05, 0) is 19.1 Å². The Balaban J connectivity index is 1.70. The molecule has 1 aromatic carbocycles. The van der Waals surface area contributed by atoms with Crippen LogP contribution < -0.4 is 19.4 Å². The number of ether oxygens (including phenoxy) is 2. The second-order valence-electron chi connectivity index (χ2n) is 6.38. The van der Waals surface area contributed by atoms with Crippen molar-refractivity contribution in [3.63, 3.8) is 0 Å². The number of carbonyl (C=O) groups is 2. The molecule has 7 heteroatoms. The van der Waals surface area contributed by atoms with Gasteiger partial charge in [0.2, 0.25) is 11.7 Å². The minimum absolute atomic E-state index is 0.103. The SMILES string of the molecule is CC=Cc1cc2ccoc2c(OCCC[n+]2ccc(NC(C)=O)cc2)c1OC=O. The third-order valence-electron chi connectivity index (χ3n) is 4.21. The average molecular weight is 395 g/mol. The van der Waals surface area contributed by atoms with Crippen molar-refractivity contribution in [2.24, 2.45) is 0 Å². The second kappa shape index (κ2) is 9.54. The number of hydrogen-bond acceptors (Lipinski definition) is 5. The van der Waals surface area contributed by atoms with Gasteiger partial charge >= 0.3 is 0 Å². The molecule has 0 bridgehead atoms. The lowest BCUT2D eigenvalue weighted by Crippen LogP contribution is -2.33. The Labute approximate surface area is 168 Å². The molecule has 0 aliphatic rings. The van der Waals surface area contributed by atoms with Crippen LogP contribution in [-0.2, 0) is 16.1 Å². The summed E-state index contributed by atoms with van der Waals surface area (Å²) < 4.78 is 18.7. The number of hydrogen-bond donors (Lipinski definition) is 1. The number of carbonyl (C=O) groups excluding carboxylic acids is 2. The number of nitrogens with zero attached hydrogens (tertiary/aromatic N) is 1. The molecule has 0 aliphatic heterocycles. The first-order chi connectivity index (χ1) is 14.1. The standard InChI is InChI=1S/C22H22N2O5/c1-3-5-17-14-18-8-13-28-20(18)22(21(17)29-15-25)27-12-4-9-24-10-6-19(7-11-24)23-16(2)26/h3,5-8,10-11,13-15H,4,9,12H2,1-2H3/p+1. The second-order valence-corrected chi connectivity index (χ2v) is 6.38. The number of aromatic nitrogens is 1. The van der Waals surface area contributed by atoms with Crippen LogP contribution in [0.5, 0.6) is 11.5 Å². The number of anilines is 1. The van der Waals surface area contributed by atoms with Crippen LogP contribution in [0.2, 0.25) is 0 Å². The zero-order chi connectivity index (χ0) is 20.6. The zero-order valence-corrected chi connectivity index (χ0v) is 16.4. The molecule has 3 rings (SSSR count). The van der Waals surface area contributed by atoms with Gasteiger partial charge in [0.15, 0.2) is 30.3 Å². The molecule has 0 atom stereocenters. The van der Waals surface area contributed by atoms with Gasteiger partial charge in [0, 0.05) is 36.4 Å². The monoisotopic (exact) mass is 395 g/mol. The number of amides is 1. The molecule has 0 spiro atoms. The lowest BCUT2D eigenvalue weighted by atomic mass is 10.1. The Bertz CT molecular complexity index is 1020. The van der Waals surface area contributed by atoms with Crippen LogP contribution >= 0.6 is 0 Å². The van der Waals surface area contributed by atoms with Crippen LogP contribution in [0.1, 0.15) is 25.8 Å². The topological polar surface area (TPSA) is 81.7 Å². The molecule has 7 nitrogen and oxygen atoms in total. The van der Waals surface area contributed by atoms with E-state index in [0.29, 0.717) is 30.2 Å². The summed E-state index contributed by atoms with van der Waals surface area (Å²) in [5.74, 6) is 0.653. The predicted molar refractivity (Wildman–Crippen MR) is 109 cm³/mol. The molecule has 0 aliphatic carbocycles. The van der Waals surface area contributed by atoms with Gasteiger partial charge in [0.05, 0.1) is 18.6 Å². The molecule has 150 valence electrons. The van der Waals surface area contributed by atoms with Crippen molar-refractivity contribution in [3.8, 4) is 11.5 Å². The fraction of sp³-hybridized carbons (Fsp3) is 0.227. The molecule has 2 aromatic heterocycles. The van der Waals surface area contributed by atoms with E-state index in [0.717, 1.165) is 29.6 Å². The third-order valence-corrected chi connectivity index (χ3v) is 4.21. The van der Waals surface area contributed by atoms with E-state index in [1.54, 1.807) is 6.26 Å². The van der Waals surface area contributed by atoms with E-state index in [1.165, 1.54) is 6.92 Å². The van der Waals surface area contributed by atoms with E-state index in [4.69, 9.17) is 13.9 Å². The summed E-state index contributed by atoms with van der Waals surface area (Å²) in [4.78, 5) is 22.1. The highest BCUT2D eigenvalue weighted by atomic mass is 16.5. The first kappa shape index (κ1) is 20.1. The Morgan fingerprint density at radius 1 is 1.24 bits per heavy atom. The Kier molecular flexibility index (Phi) is 6.63. The highest BCUT2D eigenvalue weighted by Crippen LogP contribution is 2.40. The van der Waals surface area contributed by atoms with Crippen molar-refractivity contribution in [3.05, 3.63) is 54.6 Å². The number of furan rings is 1. The quantitative estimate of drug-likeness (QED) is 0.339. The number of nitrogens with one attached hydrogen (secondary N) is 1. The number of aryl methyl sites for hydroxylation is 1. The molecule has 0 unspecified atom stereocenters. The summed E-state index contributed by atoms with van der Waals surface area (Å²) in [6.07, 6.45) is 9.80. The molecule has 0 saturated heterocycles. The molecule has 0 radical (unpaired) electrons. The maximum Gasteiger partial charge on any atom is 0.298 e. The molecule has 0 fully saturated rings. The van der Waals surface area contributed by atoms with Crippen molar-refractivity contribution in [2.45, 2.75) is 26.8 Å². The Morgan fingerprint density at radius 2 is 2.03 bits per heavy atom. The first-order valence-electron chi connectivity index (χ1n) is 9.29. The maximum atomic E-state index is 11.1. The smallest absolute Gasteiger partial charge is 0.298 e. The van der Waals surface area contributed by atoms with E-state index >= 15 is 0 Å². The molecule has 2 heterocycles. The fourth-order valence-electron chi connectivity index (χ4n) is 3.00. The van der Waals surface area contributed by atoms with Crippen molar-refractivity contribution < 1.29 is 28.0 Å². The largest absolute Gasteiger partial charge is 0.486 e. The molecule has 3 aromatic rings. The number of rotatable bonds is 9. The van der Waals surface area contributed by atoms with Crippen LogP contribution in [0.4, 0.5) is 5.69 Å². The Morgan fingerprint density at radius 3 is 2.72 bits per heavy atom. The summed E-state index contributed by atoms with van der Waals surface area (Å²) in [5, 5.41) is 3.60. The van der Waals surface area contributed by atoms with Crippen LogP contribution in [0.3, 0.4) is 0 Å². The number of allylic oxidation sites excluding steroid dienone is 1. The molecular formula is C22H23N2O5+. The minimum Gasteiger partial charge on any atom is -0.486 e. The van der Waals surface area contributed by atoms with Crippen LogP contribution in [0.25, 0.3) is 17.0 Å². The predicted octanol–water partition coefficient (Wildman–Crippen LogP) is 3.72. The lowest BCUT2D eigenvalue weighted by molar-refractivity contribution is -0.697. The number of benzene rings is 1. The molecule has 1 N–H and O–H groups in total. The van der Waals surface area contributed by atoms with Gasteiger partial charge in [0.1, 0.15) is 0 Å². The van der Waals surface area contributed by atoms with E-state index in [9.17, 15) is 9.59 Å². The zero-order valence-electron chi connectivity index (χ0n) is 16.4. The maximum absolute atomic E-state index is 11.1. The van der Waals surface area contributed by atoms with E-state index in [-0.39, 0.29) is 5.91 Å². The van der Waals surface area contributed by atoms with E-state index in [1.807, 2.05) is 60.3 Å². The van der Waals surface area contributed by atoms with Crippen LogP contribution in [0.15, 0.2) is 53.4 Å². The van der Waals surface area contributed by atoms with Gasteiger partial charge in [-0.3, -0.25) is 9.59 Å². The highest BCUT2D eigenvalue weighted by molar-refractivity contribution is 5.90. The minimum atomic E-state index is -0.103. The van der Waals surface area contributed by atoms with E-state index in [2.05, 4.69) is 5.32 Å². The first-order valence-corrected chi connectivity index (χ1v) is 9.29. The van der Waals surface area contributed by atoms with Gasteiger partial charge in [-0.25, -0.2) is 4.57 Å². The summed E-state index contributed by atoms with van der Waals surface area (Å²) in [6.45, 7) is 4.88. The van der Waals surface area contributed by atoms with Gasteiger partial charge in [-0.1, -0.05) is 12.2 Å².